The van der Waals surface area contributed by atoms with Crippen molar-refractivity contribution < 1.29 is 23.2 Å². The standard InChI is InChI=1S/C10H20O5P2/c1-9(2)5-7-16(11,12)15-17(13,14)8-6-10(3)4/h5-6H,7-8H2,1-4H3,(H,11,12)(H,13,14). The van der Waals surface area contributed by atoms with Gasteiger partial charge in [0.15, 0.2) is 0 Å². The lowest BCUT2D eigenvalue weighted by Gasteiger charge is -2.14. The predicted molar refractivity (Wildman–Crippen MR) is 69.3 cm³/mol. The first-order valence-corrected chi connectivity index (χ1v) is 8.68. The fourth-order valence-corrected chi connectivity index (χ4v) is 4.18. The molecule has 0 aliphatic carbocycles. The zero-order valence-electron chi connectivity index (χ0n) is 10.6. The van der Waals surface area contributed by atoms with Crippen LogP contribution in [-0.2, 0) is 13.4 Å². The summed E-state index contributed by atoms with van der Waals surface area (Å²) in [5, 5.41) is 0. The van der Waals surface area contributed by atoms with E-state index in [1.165, 1.54) is 12.2 Å². The molecule has 0 heterocycles. The van der Waals surface area contributed by atoms with Crippen molar-refractivity contribution in [2.75, 3.05) is 12.3 Å². The fourth-order valence-electron chi connectivity index (χ4n) is 0.862. The van der Waals surface area contributed by atoms with Crippen molar-refractivity contribution in [3.8, 4) is 0 Å². The minimum Gasteiger partial charge on any atom is -0.324 e. The average Bonchev–Trinajstić information content (AvgIpc) is 2.10. The molecule has 0 saturated heterocycles. The summed E-state index contributed by atoms with van der Waals surface area (Å²) in [5.41, 5.74) is 1.69. The van der Waals surface area contributed by atoms with Crippen molar-refractivity contribution in [3.05, 3.63) is 23.3 Å². The minimum absolute atomic E-state index is 0.255. The summed E-state index contributed by atoms with van der Waals surface area (Å²) in [4.78, 5) is 18.8. The lowest BCUT2D eigenvalue weighted by molar-refractivity contribution is 0.336. The van der Waals surface area contributed by atoms with E-state index in [0.29, 0.717) is 0 Å². The number of rotatable bonds is 6. The van der Waals surface area contributed by atoms with Gasteiger partial charge in [-0.1, -0.05) is 23.3 Å². The first-order valence-electron chi connectivity index (χ1n) is 5.16. The Kier molecular flexibility index (Phi) is 6.60. The van der Waals surface area contributed by atoms with Gasteiger partial charge in [-0.2, -0.15) is 0 Å². The minimum atomic E-state index is -4.05. The molecule has 0 aromatic rings. The zero-order chi connectivity index (χ0) is 13.7. The van der Waals surface area contributed by atoms with Gasteiger partial charge in [0, 0.05) is 0 Å². The summed E-state index contributed by atoms with van der Waals surface area (Å²) in [7, 11) is -8.09. The molecule has 17 heavy (non-hydrogen) atoms. The van der Waals surface area contributed by atoms with Crippen molar-refractivity contribution in [3.63, 3.8) is 0 Å². The monoisotopic (exact) mass is 282 g/mol. The molecule has 2 N–H and O–H groups in total. The Morgan fingerprint density at radius 2 is 1.24 bits per heavy atom. The van der Waals surface area contributed by atoms with Gasteiger partial charge in [-0.3, -0.25) is 9.13 Å². The van der Waals surface area contributed by atoms with Gasteiger partial charge >= 0.3 is 15.2 Å². The summed E-state index contributed by atoms with van der Waals surface area (Å²) in [6.07, 6.45) is 2.49. The smallest absolute Gasteiger partial charge is 0.324 e. The quantitative estimate of drug-likeness (QED) is 0.576. The summed E-state index contributed by atoms with van der Waals surface area (Å²) in [5.74, 6) is 0. The lowest BCUT2D eigenvalue weighted by atomic mass is 10.3. The molecule has 2 unspecified atom stereocenters. The molecule has 7 heteroatoms. The summed E-state index contributed by atoms with van der Waals surface area (Å²) in [6, 6.07) is 0. The van der Waals surface area contributed by atoms with E-state index in [1.54, 1.807) is 27.7 Å². The zero-order valence-corrected chi connectivity index (χ0v) is 12.4. The van der Waals surface area contributed by atoms with E-state index in [0.717, 1.165) is 11.1 Å². The maximum Gasteiger partial charge on any atom is 0.339 e. The van der Waals surface area contributed by atoms with E-state index in [4.69, 9.17) is 0 Å². The van der Waals surface area contributed by atoms with Crippen molar-refractivity contribution in [1.82, 2.24) is 0 Å². The third kappa shape index (κ3) is 9.51. The number of allylic oxidation sites excluding steroid dienone is 4. The molecule has 0 radical (unpaired) electrons. The Morgan fingerprint density at radius 1 is 0.941 bits per heavy atom. The second-order valence-electron chi connectivity index (χ2n) is 4.28. The number of hydrogen-bond acceptors (Lipinski definition) is 3. The molecule has 0 aliphatic rings. The van der Waals surface area contributed by atoms with Gasteiger partial charge in [-0.25, -0.2) is 4.31 Å². The Labute approximate surface area is 102 Å². The van der Waals surface area contributed by atoms with Gasteiger partial charge in [-0.05, 0) is 27.7 Å². The number of hydrogen-bond donors (Lipinski definition) is 2. The summed E-state index contributed by atoms with van der Waals surface area (Å²) < 4.78 is 27.5. The molecule has 0 spiro atoms. The first kappa shape index (κ1) is 16.8. The van der Waals surface area contributed by atoms with Gasteiger partial charge in [0.05, 0.1) is 12.3 Å². The molecule has 5 nitrogen and oxygen atoms in total. The van der Waals surface area contributed by atoms with Crippen LogP contribution in [0.5, 0.6) is 0 Å². The molecule has 0 saturated carbocycles. The van der Waals surface area contributed by atoms with E-state index in [2.05, 4.69) is 4.31 Å². The molecule has 100 valence electrons. The Bertz CT molecular complexity index is 365. The highest BCUT2D eigenvalue weighted by Crippen LogP contribution is 2.59. The maximum atomic E-state index is 11.5. The highest BCUT2D eigenvalue weighted by atomic mass is 31.3. The Balaban J connectivity index is 4.59. The molecule has 0 bridgehead atoms. The largest absolute Gasteiger partial charge is 0.339 e. The molecule has 0 amide bonds. The van der Waals surface area contributed by atoms with E-state index >= 15 is 0 Å². The van der Waals surface area contributed by atoms with Gasteiger partial charge < -0.3 is 9.79 Å². The van der Waals surface area contributed by atoms with Crippen LogP contribution in [0.4, 0.5) is 0 Å². The van der Waals surface area contributed by atoms with Gasteiger partial charge in [-0.15, -0.1) is 0 Å². The maximum absolute atomic E-state index is 11.5. The molecule has 0 aromatic carbocycles. The van der Waals surface area contributed by atoms with Gasteiger partial charge in [0.25, 0.3) is 0 Å². The van der Waals surface area contributed by atoms with Crippen molar-refractivity contribution in [2.24, 2.45) is 0 Å². The predicted octanol–water partition coefficient (Wildman–Crippen LogP) is 3.31. The third-order valence-electron chi connectivity index (χ3n) is 1.72. The summed E-state index contributed by atoms with van der Waals surface area (Å²) >= 11 is 0. The highest BCUT2D eigenvalue weighted by Gasteiger charge is 2.30. The van der Waals surface area contributed by atoms with Crippen LogP contribution in [0.2, 0.25) is 0 Å². The molecule has 0 rings (SSSR count). The SMILES string of the molecule is CC(C)=CCP(=O)(O)OP(=O)(O)CC=C(C)C. The molecular formula is C10H20O5P2. The first-order chi connectivity index (χ1) is 7.54. The molecular weight excluding hydrogens is 262 g/mol. The van der Waals surface area contributed by atoms with Crippen LogP contribution in [0.25, 0.3) is 0 Å². The van der Waals surface area contributed by atoms with Crippen molar-refractivity contribution in [1.29, 1.82) is 0 Å². The van der Waals surface area contributed by atoms with Crippen molar-refractivity contribution in [2.45, 2.75) is 27.7 Å². The van der Waals surface area contributed by atoms with E-state index in [1.807, 2.05) is 0 Å². The van der Waals surface area contributed by atoms with E-state index in [9.17, 15) is 18.9 Å². The fraction of sp³-hybridized carbons (Fsp3) is 0.600. The Hall–Kier alpha value is -0.180. The van der Waals surface area contributed by atoms with Crippen molar-refractivity contribution >= 4 is 15.2 Å². The van der Waals surface area contributed by atoms with Gasteiger partial charge in [0.1, 0.15) is 0 Å². The third-order valence-corrected chi connectivity index (χ3v) is 5.05. The topological polar surface area (TPSA) is 83.8 Å². The molecule has 2 atom stereocenters. The van der Waals surface area contributed by atoms with Crippen LogP contribution in [-0.4, -0.2) is 22.1 Å². The van der Waals surface area contributed by atoms with Gasteiger partial charge in [0.2, 0.25) is 0 Å². The van der Waals surface area contributed by atoms with Crippen LogP contribution in [0.1, 0.15) is 27.7 Å². The van der Waals surface area contributed by atoms with Crippen LogP contribution in [0, 0.1) is 0 Å². The molecule has 0 fully saturated rings. The Morgan fingerprint density at radius 3 is 1.47 bits per heavy atom. The average molecular weight is 282 g/mol. The van der Waals surface area contributed by atoms with Crippen LogP contribution >= 0.6 is 15.2 Å². The molecule has 0 aliphatic heterocycles. The molecule has 0 aromatic heterocycles. The second kappa shape index (κ2) is 6.67. The van der Waals surface area contributed by atoms with Crippen LogP contribution in [0.15, 0.2) is 23.3 Å². The summed E-state index contributed by atoms with van der Waals surface area (Å²) in [6.45, 7) is 7.06. The highest BCUT2D eigenvalue weighted by molar-refractivity contribution is 7.66. The van der Waals surface area contributed by atoms with E-state index in [-0.39, 0.29) is 12.3 Å². The van der Waals surface area contributed by atoms with E-state index < -0.39 is 15.2 Å². The van der Waals surface area contributed by atoms with Crippen LogP contribution < -0.4 is 0 Å². The normalized spacial score (nSPS) is 17.8. The second-order valence-corrected chi connectivity index (χ2v) is 8.22. The lowest BCUT2D eigenvalue weighted by Crippen LogP contribution is -1.95. The van der Waals surface area contributed by atoms with Crippen LogP contribution in [0.3, 0.4) is 0 Å².